The van der Waals surface area contributed by atoms with Gasteiger partial charge in [-0.05, 0) is 43.2 Å². The molecule has 0 spiro atoms. The standard InChI is InChI=1S/C24H28F2N4O3/c1-14-7-20-18(8-17(14)23(32)29-5-3-15(4-6-29)13-33-2)21-19(22(31)28-20)11-27-30(21)12-16-9-24(25,26)10-16/h7-8,11,15-16H,3-6,9-10,12-13H2,1-2H3,(H,28,31)/p+1. The topological polar surface area (TPSA) is 81.0 Å². The SMILES string of the molecule is COCC1CCN(C(=O)c2cc3c(cc2C)[NH2+]C(=O)c2cnn(CC4CC(F)(F)C4)c2-3)CC1. The summed E-state index contributed by atoms with van der Waals surface area (Å²) in [4.78, 5) is 28.0. The Kier molecular flexibility index (Phi) is 5.56. The molecule has 9 heteroatoms. The number of rotatable bonds is 5. The molecule has 2 N–H and O–H groups in total. The zero-order valence-electron chi connectivity index (χ0n) is 18.9. The smallest absolute Gasteiger partial charge is 0.351 e. The lowest BCUT2D eigenvalue weighted by Crippen LogP contribution is -2.83. The quantitative estimate of drug-likeness (QED) is 0.698. The predicted molar refractivity (Wildman–Crippen MR) is 116 cm³/mol. The first-order valence-electron chi connectivity index (χ1n) is 11.5. The van der Waals surface area contributed by atoms with Crippen LogP contribution in [-0.4, -0.2) is 59.2 Å². The highest BCUT2D eigenvalue weighted by molar-refractivity contribution is 6.03. The van der Waals surface area contributed by atoms with Crippen molar-refractivity contribution in [1.29, 1.82) is 0 Å². The van der Waals surface area contributed by atoms with Crippen LogP contribution in [0.5, 0.6) is 0 Å². The summed E-state index contributed by atoms with van der Waals surface area (Å²) >= 11 is 0. The van der Waals surface area contributed by atoms with Crippen LogP contribution in [0.4, 0.5) is 14.5 Å². The first kappa shape index (κ1) is 22.2. The third kappa shape index (κ3) is 4.08. The number of nitrogens with two attached hydrogens (primary N) is 1. The largest absolute Gasteiger partial charge is 0.384 e. The molecule has 1 saturated carbocycles. The Morgan fingerprint density at radius 1 is 1.21 bits per heavy atom. The molecule has 5 rings (SSSR count). The van der Waals surface area contributed by atoms with Crippen molar-refractivity contribution in [3.8, 4) is 11.3 Å². The van der Waals surface area contributed by atoms with Gasteiger partial charge in [0, 0.05) is 57.8 Å². The maximum Gasteiger partial charge on any atom is 0.351 e. The molecule has 2 aliphatic heterocycles. The minimum Gasteiger partial charge on any atom is -0.384 e. The van der Waals surface area contributed by atoms with E-state index in [1.165, 1.54) is 6.20 Å². The molecule has 0 bridgehead atoms. The fraction of sp³-hybridized carbons (Fsp3) is 0.542. The number of hydrogen-bond acceptors (Lipinski definition) is 4. The highest BCUT2D eigenvalue weighted by atomic mass is 19.3. The number of alkyl halides is 2. The number of carbonyl (C=O) groups excluding carboxylic acids is 2. The van der Waals surface area contributed by atoms with E-state index in [2.05, 4.69) is 5.10 Å². The third-order valence-corrected chi connectivity index (χ3v) is 7.18. The van der Waals surface area contributed by atoms with Gasteiger partial charge in [-0.15, -0.1) is 0 Å². The van der Waals surface area contributed by atoms with Crippen molar-refractivity contribution < 1.29 is 28.4 Å². The fourth-order valence-electron chi connectivity index (χ4n) is 5.36. The van der Waals surface area contributed by atoms with Crippen molar-refractivity contribution in [2.45, 2.75) is 45.1 Å². The van der Waals surface area contributed by atoms with Gasteiger partial charge in [-0.3, -0.25) is 9.48 Å². The summed E-state index contributed by atoms with van der Waals surface area (Å²) in [7, 11) is 1.70. The molecule has 2 fully saturated rings. The van der Waals surface area contributed by atoms with E-state index < -0.39 is 5.92 Å². The number of aryl methyl sites for hydroxylation is 1. The van der Waals surface area contributed by atoms with Gasteiger partial charge in [-0.1, -0.05) is 0 Å². The molecule has 33 heavy (non-hydrogen) atoms. The Balaban J connectivity index is 1.44. The van der Waals surface area contributed by atoms with Gasteiger partial charge in [0.2, 0.25) is 5.92 Å². The number of quaternary nitrogens is 1. The number of hydrogen-bond donors (Lipinski definition) is 1. The number of likely N-dealkylation sites (tertiary alicyclic amines) is 1. The number of ether oxygens (including phenoxy) is 1. The van der Waals surface area contributed by atoms with Gasteiger partial charge in [0.1, 0.15) is 11.3 Å². The molecule has 176 valence electrons. The zero-order valence-corrected chi connectivity index (χ0v) is 18.9. The molecule has 0 atom stereocenters. The Morgan fingerprint density at radius 3 is 2.61 bits per heavy atom. The first-order valence-corrected chi connectivity index (χ1v) is 11.5. The van der Waals surface area contributed by atoms with Crippen molar-refractivity contribution in [3.63, 3.8) is 0 Å². The van der Waals surface area contributed by atoms with Crippen molar-refractivity contribution in [3.05, 3.63) is 35.0 Å². The molecule has 1 aliphatic carbocycles. The molecule has 3 aliphatic rings. The van der Waals surface area contributed by atoms with Gasteiger partial charge in [0.05, 0.1) is 17.5 Å². The highest BCUT2D eigenvalue weighted by Gasteiger charge is 2.46. The van der Waals surface area contributed by atoms with Gasteiger partial charge in [0.15, 0.2) is 0 Å². The lowest BCUT2D eigenvalue weighted by molar-refractivity contribution is -0.464. The molecule has 2 amide bonds. The predicted octanol–water partition coefficient (Wildman–Crippen LogP) is 2.75. The van der Waals surface area contributed by atoms with Crippen molar-refractivity contribution in [1.82, 2.24) is 14.7 Å². The van der Waals surface area contributed by atoms with Crippen molar-refractivity contribution in [2.75, 3.05) is 26.8 Å². The number of piperidine rings is 1. The van der Waals surface area contributed by atoms with Crippen LogP contribution in [0.2, 0.25) is 0 Å². The average Bonchev–Trinajstić information content (AvgIpc) is 3.17. The first-order chi connectivity index (χ1) is 15.8. The number of benzene rings is 1. The summed E-state index contributed by atoms with van der Waals surface area (Å²) < 4.78 is 33.6. The zero-order chi connectivity index (χ0) is 23.3. The Bertz CT molecular complexity index is 1100. The maximum atomic E-state index is 13.4. The fourth-order valence-corrected chi connectivity index (χ4v) is 5.36. The van der Waals surface area contributed by atoms with Crippen molar-refractivity contribution >= 4 is 17.5 Å². The molecular weight excluding hydrogens is 430 g/mol. The van der Waals surface area contributed by atoms with E-state index in [0.717, 1.165) is 29.7 Å². The number of methoxy groups -OCH3 is 1. The van der Waals surface area contributed by atoms with E-state index in [1.54, 1.807) is 17.1 Å². The lowest BCUT2D eigenvalue weighted by atomic mass is 9.81. The summed E-state index contributed by atoms with van der Waals surface area (Å²) in [6, 6.07) is 3.72. The van der Waals surface area contributed by atoms with Crippen LogP contribution in [0.1, 0.15) is 52.0 Å². The number of primary amides is 1. The van der Waals surface area contributed by atoms with Gasteiger partial charge in [-0.2, -0.15) is 5.10 Å². The van der Waals surface area contributed by atoms with E-state index in [4.69, 9.17) is 4.74 Å². The van der Waals surface area contributed by atoms with Crippen LogP contribution in [0.3, 0.4) is 0 Å². The Morgan fingerprint density at radius 2 is 1.94 bits per heavy atom. The van der Waals surface area contributed by atoms with Crippen LogP contribution in [0, 0.1) is 18.8 Å². The number of amides is 2. The second-order valence-corrected chi connectivity index (χ2v) is 9.67. The van der Waals surface area contributed by atoms with E-state index in [0.29, 0.717) is 49.0 Å². The minimum atomic E-state index is -2.60. The van der Waals surface area contributed by atoms with Crippen molar-refractivity contribution in [2.24, 2.45) is 11.8 Å². The summed E-state index contributed by atoms with van der Waals surface area (Å²) in [5, 5.41) is 5.92. The van der Waals surface area contributed by atoms with Crippen LogP contribution >= 0.6 is 0 Å². The number of carbonyl (C=O) groups is 2. The molecule has 0 unspecified atom stereocenters. The summed E-state index contributed by atoms with van der Waals surface area (Å²) in [5.41, 5.74) is 4.00. The minimum absolute atomic E-state index is 0.0192. The Labute approximate surface area is 191 Å². The van der Waals surface area contributed by atoms with Gasteiger partial charge in [0.25, 0.3) is 5.91 Å². The van der Waals surface area contributed by atoms with Gasteiger partial charge in [-0.25, -0.2) is 18.9 Å². The number of fused-ring (bicyclic) bond motifs is 3. The average molecular weight is 460 g/mol. The molecule has 1 saturated heterocycles. The molecular formula is C24H29F2N4O3+. The second-order valence-electron chi connectivity index (χ2n) is 9.67. The summed E-state index contributed by atoms with van der Waals surface area (Å²) in [6.07, 6.45) is 3.01. The molecule has 1 aromatic heterocycles. The normalized spacial score (nSPS) is 20.4. The van der Waals surface area contributed by atoms with Crippen LogP contribution < -0.4 is 5.32 Å². The maximum absolute atomic E-state index is 13.4. The third-order valence-electron chi connectivity index (χ3n) is 7.18. The van der Waals surface area contributed by atoms with E-state index >= 15 is 0 Å². The van der Waals surface area contributed by atoms with Crippen LogP contribution in [0.15, 0.2) is 18.3 Å². The molecule has 1 aromatic carbocycles. The Hall–Kier alpha value is -2.65. The molecule has 7 nitrogen and oxygen atoms in total. The number of halogens is 2. The lowest BCUT2D eigenvalue weighted by Gasteiger charge is -2.35. The van der Waals surface area contributed by atoms with E-state index in [9.17, 15) is 18.4 Å². The van der Waals surface area contributed by atoms with Gasteiger partial charge < -0.3 is 9.64 Å². The monoisotopic (exact) mass is 459 g/mol. The second kappa shape index (κ2) is 8.29. The van der Waals surface area contributed by atoms with Gasteiger partial charge >= 0.3 is 5.91 Å². The van der Waals surface area contributed by atoms with E-state index in [1.807, 2.05) is 24.0 Å². The summed E-state index contributed by atoms with van der Waals surface area (Å²) in [5.74, 6) is -2.48. The van der Waals surface area contributed by atoms with Crippen LogP contribution in [-0.2, 0) is 11.3 Å². The molecule has 2 aromatic rings. The number of aromatic nitrogens is 2. The van der Waals surface area contributed by atoms with Crippen LogP contribution in [0.25, 0.3) is 11.3 Å². The molecule has 3 heterocycles. The highest BCUT2D eigenvalue weighted by Crippen LogP contribution is 2.44. The molecule has 0 radical (unpaired) electrons. The summed E-state index contributed by atoms with van der Waals surface area (Å²) in [6.45, 7) is 4.30. The number of nitrogens with zero attached hydrogens (tertiary/aromatic N) is 3. The van der Waals surface area contributed by atoms with E-state index in [-0.39, 0.29) is 30.6 Å².